The third-order valence-electron chi connectivity index (χ3n) is 5.80. The number of rotatable bonds is 5. The van der Waals surface area contributed by atoms with Crippen LogP contribution in [-0.4, -0.2) is 47.0 Å². The van der Waals surface area contributed by atoms with E-state index in [4.69, 9.17) is 4.42 Å². The summed E-state index contributed by atoms with van der Waals surface area (Å²) in [6.07, 6.45) is -4.38. The Morgan fingerprint density at radius 1 is 1.11 bits per heavy atom. The van der Waals surface area contributed by atoms with Gasteiger partial charge in [-0.05, 0) is 36.8 Å². The molecule has 1 aliphatic rings. The number of nitrogens with zero attached hydrogens (tertiary/aromatic N) is 4. The molecular weight excluding hydrogens is 497 g/mol. The molecule has 11 heteroatoms. The first-order valence-corrected chi connectivity index (χ1v) is 12.8. The molecule has 0 spiro atoms. The van der Waals surface area contributed by atoms with E-state index in [0.29, 0.717) is 48.5 Å². The third-order valence-corrected chi connectivity index (χ3v) is 7.67. The highest BCUT2D eigenvalue weighted by Crippen LogP contribution is 2.32. The smallest absolute Gasteiger partial charge is 0.416 e. The van der Waals surface area contributed by atoms with Gasteiger partial charge in [0.15, 0.2) is 5.58 Å². The van der Waals surface area contributed by atoms with E-state index in [1.54, 1.807) is 16.3 Å². The number of amides is 1. The van der Waals surface area contributed by atoms with Gasteiger partial charge >= 0.3 is 6.18 Å². The molecule has 1 saturated heterocycles. The number of thiazole rings is 1. The molecule has 6 nitrogen and oxygen atoms in total. The zero-order valence-corrected chi connectivity index (χ0v) is 20.3. The second kappa shape index (κ2) is 9.54. The Morgan fingerprint density at radius 3 is 2.63 bits per heavy atom. The molecule has 0 unspecified atom stereocenters. The molecule has 2 aromatic heterocycles. The van der Waals surface area contributed by atoms with Crippen LogP contribution >= 0.6 is 23.1 Å². The predicted octanol–water partition coefficient (Wildman–Crippen LogP) is 5.87. The molecule has 1 aliphatic heterocycles. The minimum absolute atomic E-state index is 0.168. The van der Waals surface area contributed by atoms with Crippen molar-refractivity contribution in [1.82, 2.24) is 14.9 Å². The molecule has 0 saturated carbocycles. The highest BCUT2D eigenvalue weighted by atomic mass is 32.2. The molecule has 4 aromatic rings. The fraction of sp³-hybridized carbons (Fsp3) is 0.292. The number of aromatic nitrogens is 2. The van der Waals surface area contributed by atoms with Gasteiger partial charge in [0.2, 0.25) is 0 Å². The van der Waals surface area contributed by atoms with Crippen molar-refractivity contribution in [3.8, 4) is 0 Å². The van der Waals surface area contributed by atoms with Crippen LogP contribution < -0.4 is 4.90 Å². The van der Waals surface area contributed by atoms with Gasteiger partial charge in [0.25, 0.3) is 11.1 Å². The van der Waals surface area contributed by atoms with Crippen molar-refractivity contribution in [3.05, 3.63) is 69.7 Å². The lowest BCUT2D eigenvalue weighted by Gasteiger charge is -2.36. The summed E-state index contributed by atoms with van der Waals surface area (Å²) in [7, 11) is 0. The van der Waals surface area contributed by atoms with Crippen molar-refractivity contribution >= 4 is 45.8 Å². The van der Waals surface area contributed by atoms with Crippen molar-refractivity contribution in [2.45, 2.75) is 24.1 Å². The van der Waals surface area contributed by atoms with Gasteiger partial charge in [0.1, 0.15) is 16.2 Å². The summed E-state index contributed by atoms with van der Waals surface area (Å²) in [5, 5.41) is 3.09. The van der Waals surface area contributed by atoms with Crippen LogP contribution in [0.4, 0.5) is 18.9 Å². The number of para-hydroxylation sites is 1. The molecule has 1 fully saturated rings. The molecule has 0 atom stereocenters. The quantitative estimate of drug-likeness (QED) is 0.308. The molecule has 1 amide bonds. The minimum atomic E-state index is -4.38. The van der Waals surface area contributed by atoms with E-state index in [2.05, 4.69) is 9.97 Å². The molecule has 2 aromatic carbocycles. The fourth-order valence-electron chi connectivity index (χ4n) is 3.94. The number of thioether (sulfide) groups is 1. The highest BCUT2D eigenvalue weighted by Gasteiger charge is 2.31. The van der Waals surface area contributed by atoms with Gasteiger partial charge < -0.3 is 14.2 Å². The van der Waals surface area contributed by atoms with Crippen molar-refractivity contribution in [2.75, 3.05) is 31.1 Å². The number of halogens is 3. The summed E-state index contributed by atoms with van der Waals surface area (Å²) in [6.45, 7) is 3.73. The van der Waals surface area contributed by atoms with E-state index in [-0.39, 0.29) is 5.91 Å². The van der Waals surface area contributed by atoms with E-state index in [0.717, 1.165) is 33.8 Å². The Bertz CT molecular complexity index is 1360. The van der Waals surface area contributed by atoms with E-state index in [1.165, 1.54) is 29.2 Å². The predicted molar refractivity (Wildman–Crippen MR) is 130 cm³/mol. The van der Waals surface area contributed by atoms with E-state index >= 15 is 0 Å². The highest BCUT2D eigenvalue weighted by molar-refractivity contribution is 7.98. The molecule has 3 heterocycles. The number of benzene rings is 2. The van der Waals surface area contributed by atoms with Crippen LogP contribution in [0.15, 0.2) is 57.5 Å². The molecule has 0 radical (unpaired) electrons. The molecule has 0 bridgehead atoms. The number of alkyl halides is 3. The lowest BCUT2D eigenvalue weighted by molar-refractivity contribution is -0.137. The first-order valence-electron chi connectivity index (χ1n) is 10.9. The topological polar surface area (TPSA) is 62.5 Å². The van der Waals surface area contributed by atoms with Gasteiger partial charge in [0, 0.05) is 37.2 Å². The van der Waals surface area contributed by atoms with Crippen LogP contribution in [0.5, 0.6) is 0 Å². The van der Waals surface area contributed by atoms with Gasteiger partial charge in [-0.1, -0.05) is 30.0 Å². The monoisotopic (exact) mass is 518 g/mol. The summed E-state index contributed by atoms with van der Waals surface area (Å²) in [5.74, 6) is 0.367. The standard InChI is InChI=1S/C24H21F3N4O2S2/c1-15-4-2-7-19-21(15)29-23(33-19)35-14-20-28-18(13-34-20)22(32)31-10-8-30(9-11-31)17-6-3-5-16(12-17)24(25,26)27/h2-7,12-13H,8-11,14H2,1H3. The lowest BCUT2D eigenvalue weighted by atomic mass is 10.1. The third kappa shape index (κ3) is 5.15. The SMILES string of the molecule is Cc1cccc2oc(SCc3nc(C(=O)N4CCN(c5cccc(C(F)(F)F)c5)CC4)cs3)nc12. The number of oxazole rings is 1. The number of fused-ring (bicyclic) bond motifs is 1. The molecular formula is C24H21F3N4O2S2. The van der Waals surface area contributed by atoms with E-state index < -0.39 is 11.7 Å². The van der Waals surface area contributed by atoms with Gasteiger partial charge in [0.05, 0.1) is 11.3 Å². The normalized spacial score (nSPS) is 14.6. The van der Waals surface area contributed by atoms with Crippen molar-refractivity contribution in [2.24, 2.45) is 0 Å². The zero-order valence-electron chi connectivity index (χ0n) is 18.7. The van der Waals surface area contributed by atoms with Crippen LogP contribution in [0.2, 0.25) is 0 Å². The second-order valence-electron chi connectivity index (χ2n) is 8.14. The number of piperazine rings is 1. The van der Waals surface area contributed by atoms with Gasteiger partial charge in [-0.3, -0.25) is 4.79 Å². The fourth-order valence-corrected chi connectivity index (χ4v) is 5.55. The largest absolute Gasteiger partial charge is 0.431 e. The first-order chi connectivity index (χ1) is 16.8. The molecule has 5 rings (SSSR count). The van der Waals surface area contributed by atoms with Crippen LogP contribution in [-0.2, 0) is 11.9 Å². The Morgan fingerprint density at radius 2 is 1.89 bits per heavy atom. The molecule has 182 valence electrons. The Hall–Kier alpha value is -3.05. The zero-order chi connectivity index (χ0) is 24.6. The number of aryl methyl sites for hydroxylation is 1. The Balaban J connectivity index is 1.17. The summed E-state index contributed by atoms with van der Waals surface area (Å²) in [4.78, 5) is 25.5. The number of hydrogen-bond acceptors (Lipinski definition) is 7. The van der Waals surface area contributed by atoms with Gasteiger partial charge in [-0.15, -0.1) is 11.3 Å². The maximum Gasteiger partial charge on any atom is 0.416 e. The van der Waals surface area contributed by atoms with Crippen LogP contribution in [0.25, 0.3) is 11.1 Å². The number of carbonyl (C=O) groups excluding carboxylic acids is 1. The summed E-state index contributed by atoms with van der Waals surface area (Å²) in [6, 6.07) is 11.1. The molecule has 0 aliphatic carbocycles. The lowest BCUT2D eigenvalue weighted by Crippen LogP contribution is -2.49. The van der Waals surface area contributed by atoms with E-state index in [9.17, 15) is 18.0 Å². The van der Waals surface area contributed by atoms with Gasteiger partial charge in [-0.2, -0.15) is 13.2 Å². The van der Waals surface area contributed by atoms with Crippen LogP contribution in [0.3, 0.4) is 0 Å². The van der Waals surface area contributed by atoms with Crippen LogP contribution in [0.1, 0.15) is 26.6 Å². The maximum absolute atomic E-state index is 13.0. The van der Waals surface area contributed by atoms with Crippen molar-refractivity contribution in [3.63, 3.8) is 0 Å². The Kier molecular flexibility index (Phi) is 6.45. The number of hydrogen-bond donors (Lipinski definition) is 0. The average molecular weight is 519 g/mol. The average Bonchev–Trinajstić information content (AvgIpc) is 3.50. The summed E-state index contributed by atoms with van der Waals surface area (Å²) >= 11 is 2.83. The molecule has 35 heavy (non-hydrogen) atoms. The second-order valence-corrected chi connectivity index (χ2v) is 10.0. The summed E-state index contributed by atoms with van der Waals surface area (Å²) < 4.78 is 44.8. The van der Waals surface area contributed by atoms with Crippen LogP contribution in [0, 0.1) is 6.92 Å². The summed E-state index contributed by atoms with van der Waals surface area (Å²) in [5.41, 5.74) is 2.85. The van der Waals surface area contributed by atoms with Crippen molar-refractivity contribution in [1.29, 1.82) is 0 Å². The maximum atomic E-state index is 13.0. The number of carbonyl (C=O) groups is 1. The minimum Gasteiger partial charge on any atom is -0.431 e. The Labute approximate surface area is 207 Å². The molecule has 0 N–H and O–H groups in total. The first kappa shape index (κ1) is 23.7. The van der Waals surface area contributed by atoms with Crippen molar-refractivity contribution < 1.29 is 22.4 Å². The number of anilines is 1. The van der Waals surface area contributed by atoms with Gasteiger partial charge in [-0.25, -0.2) is 9.97 Å². The van der Waals surface area contributed by atoms with E-state index in [1.807, 2.05) is 30.0 Å².